The summed E-state index contributed by atoms with van der Waals surface area (Å²) in [7, 11) is 0. The number of alkyl halides is 2. The monoisotopic (exact) mass is 378 g/mol. The summed E-state index contributed by atoms with van der Waals surface area (Å²) in [6, 6.07) is 9.53. The maximum Gasteiger partial charge on any atom is 0.387 e. The number of halogens is 2. The van der Waals surface area contributed by atoms with Gasteiger partial charge in [-0.2, -0.15) is 8.78 Å². The van der Waals surface area contributed by atoms with Gasteiger partial charge in [0, 0.05) is 39.0 Å². The first-order chi connectivity index (χ1) is 13.0. The number of benzene rings is 1. The lowest BCUT2D eigenvalue weighted by molar-refractivity contribution is -0.132. The van der Waals surface area contributed by atoms with Crippen LogP contribution in [0.4, 0.5) is 8.78 Å². The van der Waals surface area contributed by atoms with Gasteiger partial charge in [0.05, 0.1) is 11.8 Å². The zero-order valence-electron chi connectivity index (χ0n) is 14.6. The fourth-order valence-electron chi connectivity index (χ4n) is 3.01. The van der Waals surface area contributed by atoms with Crippen molar-refractivity contribution in [1.29, 1.82) is 0 Å². The van der Waals surface area contributed by atoms with Gasteiger partial charge in [0.2, 0.25) is 5.91 Å². The van der Waals surface area contributed by atoms with Crippen LogP contribution in [-0.4, -0.2) is 54.4 Å². The molecule has 6 nitrogen and oxygen atoms in total. The summed E-state index contributed by atoms with van der Waals surface area (Å²) >= 11 is 0. The number of furan rings is 1. The van der Waals surface area contributed by atoms with Crippen LogP contribution in [0, 0.1) is 0 Å². The van der Waals surface area contributed by atoms with Gasteiger partial charge in [-0.15, -0.1) is 0 Å². The Balaban J connectivity index is 1.54. The lowest BCUT2D eigenvalue weighted by Gasteiger charge is -2.35. The van der Waals surface area contributed by atoms with Crippen molar-refractivity contribution >= 4 is 11.8 Å². The molecule has 8 heteroatoms. The zero-order valence-corrected chi connectivity index (χ0v) is 14.6. The topological polar surface area (TPSA) is 63.0 Å². The number of carbonyl (C=O) groups is 2. The molecule has 1 aliphatic heterocycles. The summed E-state index contributed by atoms with van der Waals surface area (Å²) in [6.45, 7) is -1.51. The van der Waals surface area contributed by atoms with Gasteiger partial charge in [-0.25, -0.2) is 0 Å². The quantitative estimate of drug-likeness (QED) is 0.776. The van der Waals surface area contributed by atoms with Crippen molar-refractivity contribution in [3.63, 3.8) is 0 Å². The van der Waals surface area contributed by atoms with Crippen LogP contribution in [0.25, 0.3) is 0 Å². The molecule has 0 atom stereocenters. The minimum atomic E-state index is -3.00. The average molecular weight is 378 g/mol. The van der Waals surface area contributed by atoms with E-state index >= 15 is 0 Å². The summed E-state index contributed by atoms with van der Waals surface area (Å²) in [5.41, 5.74) is 0.0930. The Hall–Kier alpha value is -2.90. The van der Waals surface area contributed by atoms with Crippen molar-refractivity contribution in [2.45, 2.75) is 19.5 Å². The number of piperazine rings is 1. The van der Waals surface area contributed by atoms with Crippen molar-refractivity contribution in [3.8, 4) is 5.75 Å². The summed E-state index contributed by atoms with van der Waals surface area (Å²) in [5.74, 6) is 0.233. The number of nitrogens with zero attached hydrogens (tertiary/aromatic N) is 2. The van der Waals surface area contributed by atoms with Gasteiger partial charge in [-0.3, -0.25) is 9.59 Å². The van der Waals surface area contributed by atoms with E-state index in [-0.39, 0.29) is 23.1 Å². The van der Waals surface area contributed by atoms with Gasteiger partial charge in [0.25, 0.3) is 5.91 Å². The Bertz CT molecular complexity index is 772. The number of para-hydroxylation sites is 1. The average Bonchev–Trinajstić information content (AvgIpc) is 3.19. The highest BCUT2D eigenvalue weighted by molar-refractivity contribution is 5.97. The van der Waals surface area contributed by atoms with Gasteiger partial charge in [0.1, 0.15) is 11.5 Å². The largest absolute Gasteiger partial charge is 0.469 e. The van der Waals surface area contributed by atoms with Crippen LogP contribution in [0.5, 0.6) is 5.75 Å². The van der Waals surface area contributed by atoms with Crippen molar-refractivity contribution < 1.29 is 27.5 Å². The SMILES string of the molecule is O=C(CCc1ccco1)N1CCN(C(=O)c2ccccc2OC(F)F)CC1. The number of hydrogen-bond acceptors (Lipinski definition) is 4. The van der Waals surface area contributed by atoms with Crippen LogP contribution < -0.4 is 4.74 Å². The van der Waals surface area contributed by atoms with Crippen molar-refractivity contribution in [3.05, 3.63) is 54.0 Å². The van der Waals surface area contributed by atoms with Crippen molar-refractivity contribution in [1.82, 2.24) is 9.80 Å². The fraction of sp³-hybridized carbons (Fsp3) is 0.368. The minimum absolute atomic E-state index is 0.0000622. The van der Waals surface area contributed by atoms with E-state index in [4.69, 9.17) is 4.42 Å². The predicted molar refractivity (Wildman–Crippen MR) is 92.6 cm³/mol. The van der Waals surface area contributed by atoms with Gasteiger partial charge in [-0.05, 0) is 24.3 Å². The van der Waals surface area contributed by atoms with Crippen LogP contribution in [0.15, 0.2) is 47.1 Å². The smallest absolute Gasteiger partial charge is 0.387 e. The molecule has 0 aliphatic carbocycles. The fourth-order valence-corrected chi connectivity index (χ4v) is 3.01. The molecule has 3 rings (SSSR count). The minimum Gasteiger partial charge on any atom is -0.469 e. The Morgan fingerprint density at radius 2 is 1.74 bits per heavy atom. The maximum absolute atomic E-state index is 12.6. The summed E-state index contributed by atoms with van der Waals surface area (Å²) in [5, 5.41) is 0. The maximum atomic E-state index is 12.6. The highest BCUT2D eigenvalue weighted by atomic mass is 19.3. The lowest BCUT2D eigenvalue weighted by atomic mass is 10.1. The summed E-state index contributed by atoms with van der Waals surface area (Å²) in [4.78, 5) is 28.2. The van der Waals surface area contributed by atoms with Gasteiger partial charge >= 0.3 is 6.61 Å². The van der Waals surface area contributed by atoms with E-state index in [1.807, 2.05) is 6.07 Å². The Kier molecular flexibility index (Phi) is 6.05. The van der Waals surface area contributed by atoms with Crippen LogP contribution in [0.3, 0.4) is 0 Å². The molecule has 0 bridgehead atoms. The Labute approximate surface area is 155 Å². The number of rotatable bonds is 6. The molecule has 0 N–H and O–H groups in total. The van der Waals surface area contributed by atoms with E-state index < -0.39 is 6.61 Å². The molecule has 0 spiro atoms. The standard InChI is InChI=1S/C19H20F2N2O4/c20-19(21)27-16-6-2-1-5-15(16)18(25)23-11-9-22(10-12-23)17(24)8-7-14-4-3-13-26-14/h1-6,13,19H,7-12H2. The number of amides is 2. The van der Waals surface area contributed by atoms with Gasteiger partial charge in [0.15, 0.2) is 0 Å². The lowest BCUT2D eigenvalue weighted by Crippen LogP contribution is -2.50. The molecule has 2 amide bonds. The molecule has 2 heterocycles. The second-order valence-corrected chi connectivity index (χ2v) is 6.13. The molecular weight excluding hydrogens is 358 g/mol. The highest BCUT2D eigenvalue weighted by Crippen LogP contribution is 2.22. The predicted octanol–water partition coefficient (Wildman–Crippen LogP) is 2.80. The molecule has 1 fully saturated rings. The van der Waals surface area contributed by atoms with Gasteiger partial charge < -0.3 is 19.0 Å². The van der Waals surface area contributed by atoms with Crippen LogP contribution >= 0.6 is 0 Å². The van der Waals surface area contributed by atoms with E-state index in [2.05, 4.69) is 4.74 Å². The van der Waals surface area contributed by atoms with Crippen LogP contribution in [-0.2, 0) is 11.2 Å². The van der Waals surface area contributed by atoms with Crippen LogP contribution in [0.1, 0.15) is 22.5 Å². The van der Waals surface area contributed by atoms with Crippen LogP contribution in [0.2, 0.25) is 0 Å². The Morgan fingerprint density at radius 1 is 1.04 bits per heavy atom. The number of aryl methyl sites for hydroxylation is 1. The first-order valence-electron chi connectivity index (χ1n) is 8.68. The molecule has 1 aromatic heterocycles. The molecule has 27 heavy (non-hydrogen) atoms. The highest BCUT2D eigenvalue weighted by Gasteiger charge is 2.26. The van der Waals surface area contributed by atoms with Gasteiger partial charge in [-0.1, -0.05) is 12.1 Å². The van der Waals surface area contributed by atoms with E-state index in [1.54, 1.807) is 28.2 Å². The molecular formula is C19H20F2N2O4. The zero-order chi connectivity index (χ0) is 19.2. The Morgan fingerprint density at radius 3 is 2.41 bits per heavy atom. The second-order valence-electron chi connectivity index (χ2n) is 6.13. The first-order valence-corrected chi connectivity index (χ1v) is 8.68. The van der Waals surface area contributed by atoms with Crippen molar-refractivity contribution in [2.75, 3.05) is 26.2 Å². The number of carbonyl (C=O) groups excluding carboxylic acids is 2. The number of hydrogen-bond donors (Lipinski definition) is 0. The third-order valence-electron chi connectivity index (χ3n) is 4.42. The van der Waals surface area contributed by atoms with E-state index in [0.29, 0.717) is 39.0 Å². The molecule has 144 valence electrons. The third kappa shape index (κ3) is 4.84. The van der Waals surface area contributed by atoms with E-state index in [0.717, 1.165) is 5.76 Å². The molecule has 0 saturated carbocycles. The normalized spacial score (nSPS) is 14.5. The molecule has 1 saturated heterocycles. The third-order valence-corrected chi connectivity index (χ3v) is 4.42. The first kappa shape index (κ1) is 18.9. The second kappa shape index (κ2) is 8.66. The van der Waals surface area contributed by atoms with E-state index in [1.165, 1.54) is 18.2 Å². The molecule has 1 aliphatic rings. The molecule has 0 radical (unpaired) electrons. The summed E-state index contributed by atoms with van der Waals surface area (Å²) < 4.78 is 34.7. The van der Waals surface area contributed by atoms with Crippen molar-refractivity contribution in [2.24, 2.45) is 0 Å². The molecule has 1 aromatic carbocycles. The number of ether oxygens (including phenoxy) is 1. The molecule has 2 aromatic rings. The molecule has 0 unspecified atom stereocenters. The van der Waals surface area contributed by atoms with E-state index in [9.17, 15) is 18.4 Å². The summed E-state index contributed by atoms with van der Waals surface area (Å²) in [6.07, 6.45) is 2.44.